The molecule has 0 saturated heterocycles. The van der Waals surface area contributed by atoms with Crippen LogP contribution in [-0.2, 0) is 4.74 Å². The van der Waals surface area contributed by atoms with E-state index in [9.17, 15) is 4.79 Å². The monoisotopic (exact) mass is 805 g/mol. The van der Waals surface area contributed by atoms with Gasteiger partial charge in [-0.15, -0.1) is 0 Å². The lowest BCUT2D eigenvalue weighted by Crippen LogP contribution is -2.37. The van der Waals surface area contributed by atoms with Gasteiger partial charge in [-0.3, -0.25) is 0 Å². The first-order chi connectivity index (χ1) is 27.9. The Hall–Kier alpha value is -5.49. The Bertz CT molecular complexity index is 2250. The van der Waals surface area contributed by atoms with Crippen LogP contribution >= 0.6 is 0 Å². The number of amides is 1. The molecule has 6 aromatic rings. The number of pyridine rings is 2. The third-order valence-electron chi connectivity index (χ3n) is 9.62. The second-order valence-corrected chi connectivity index (χ2v) is 17.0. The zero-order valence-corrected chi connectivity index (χ0v) is 38.1. The van der Waals surface area contributed by atoms with Crippen molar-refractivity contribution in [2.45, 2.75) is 92.8 Å². The number of aromatic nitrogens is 6. The Balaban J connectivity index is 0.000000257. The van der Waals surface area contributed by atoms with Gasteiger partial charge in [0.2, 0.25) is 0 Å². The van der Waals surface area contributed by atoms with Crippen LogP contribution in [0.25, 0.3) is 44.3 Å². The molecule has 2 atom stereocenters. The first-order valence-electron chi connectivity index (χ1n) is 20.8. The second-order valence-electron chi connectivity index (χ2n) is 17.0. The highest BCUT2D eigenvalue weighted by Gasteiger charge is 2.29. The molecule has 2 aromatic carbocycles. The number of carbonyl (C=O) groups excluding carboxylic acids is 1. The maximum Gasteiger partial charge on any atom is 0.410 e. The number of carbonyl (C=O) groups is 1. The SMILES string of the molecule is CC.CC(C)C[C@H](c1nc2ccc(-c3ccnc(N(C)C)c3)cc2[nH]1)N(C)C(=O)OC(C)(C)C.CN[C@H](CC(C)C)c1nc2ccc(-c3ccnc(N(C)C)c3)cc2[nH]1. The zero-order chi connectivity index (χ0) is 43.6. The summed E-state index contributed by atoms with van der Waals surface area (Å²) in [6, 6.07) is 20.8. The minimum atomic E-state index is -0.549. The van der Waals surface area contributed by atoms with Crippen LogP contribution in [0.2, 0.25) is 0 Å². The van der Waals surface area contributed by atoms with Crippen LogP contribution in [0.5, 0.6) is 0 Å². The number of nitrogens with one attached hydrogen (secondary N) is 3. The maximum absolute atomic E-state index is 12.7. The van der Waals surface area contributed by atoms with Crippen molar-refractivity contribution in [3.05, 3.63) is 84.7 Å². The van der Waals surface area contributed by atoms with Crippen LogP contribution in [0.1, 0.15) is 98.9 Å². The molecule has 0 fully saturated rings. The highest BCUT2D eigenvalue weighted by molar-refractivity contribution is 5.83. The van der Waals surface area contributed by atoms with E-state index in [1.807, 2.05) is 110 Å². The summed E-state index contributed by atoms with van der Waals surface area (Å²) in [6.07, 6.45) is 5.16. The predicted octanol–water partition coefficient (Wildman–Crippen LogP) is 10.7. The number of benzene rings is 2. The fourth-order valence-electron chi connectivity index (χ4n) is 6.62. The van der Waals surface area contributed by atoms with Gasteiger partial charge in [0.05, 0.1) is 34.2 Å². The topological polar surface area (TPSA) is 131 Å². The molecule has 6 rings (SSSR count). The van der Waals surface area contributed by atoms with E-state index in [1.54, 1.807) is 11.9 Å². The third kappa shape index (κ3) is 12.5. The molecule has 0 spiro atoms. The summed E-state index contributed by atoms with van der Waals surface area (Å²) in [4.78, 5) is 43.7. The van der Waals surface area contributed by atoms with Crippen LogP contribution in [0.4, 0.5) is 16.4 Å². The van der Waals surface area contributed by atoms with E-state index < -0.39 is 5.60 Å². The highest BCUT2D eigenvalue weighted by Crippen LogP contribution is 2.31. The van der Waals surface area contributed by atoms with Gasteiger partial charge in [-0.2, -0.15) is 0 Å². The van der Waals surface area contributed by atoms with Gasteiger partial charge in [-0.05, 0) is 123 Å². The van der Waals surface area contributed by atoms with Crippen molar-refractivity contribution in [1.29, 1.82) is 0 Å². The average Bonchev–Trinajstić information content (AvgIpc) is 3.83. The Morgan fingerprint density at radius 1 is 0.678 bits per heavy atom. The van der Waals surface area contributed by atoms with Crippen molar-refractivity contribution < 1.29 is 9.53 Å². The summed E-state index contributed by atoms with van der Waals surface area (Å²) in [5.74, 6) is 4.63. The van der Waals surface area contributed by atoms with Crippen LogP contribution < -0.4 is 15.1 Å². The fourth-order valence-corrected chi connectivity index (χ4v) is 6.62. The van der Waals surface area contributed by atoms with Gasteiger partial charge >= 0.3 is 6.09 Å². The lowest BCUT2D eigenvalue weighted by Gasteiger charge is -2.30. The first kappa shape index (κ1) is 46.2. The van der Waals surface area contributed by atoms with E-state index in [-0.39, 0.29) is 18.2 Å². The molecule has 1 amide bonds. The van der Waals surface area contributed by atoms with Crippen molar-refractivity contribution in [3.63, 3.8) is 0 Å². The normalized spacial score (nSPS) is 12.4. The molecular formula is C47H68N10O2. The molecule has 0 aliphatic rings. The lowest BCUT2D eigenvalue weighted by atomic mass is 10.0. The van der Waals surface area contributed by atoms with Crippen LogP contribution in [0.15, 0.2) is 73.1 Å². The van der Waals surface area contributed by atoms with Crippen molar-refractivity contribution in [2.75, 3.05) is 52.1 Å². The summed E-state index contributed by atoms with van der Waals surface area (Å²) in [6.45, 7) is 18.4. The summed E-state index contributed by atoms with van der Waals surface area (Å²) < 4.78 is 5.60. The number of fused-ring (bicyclic) bond motifs is 2. The molecule has 0 bridgehead atoms. The molecule has 0 unspecified atom stereocenters. The number of nitrogens with zero attached hydrogens (tertiary/aromatic N) is 7. The molecule has 0 radical (unpaired) electrons. The minimum Gasteiger partial charge on any atom is -0.444 e. The van der Waals surface area contributed by atoms with Crippen LogP contribution in [0.3, 0.4) is 0 Å². The lowest BCUT2D eigenvalue weighted by molar-refractivity contribution is 0.0194. The van der Waals surface area contributed by atoms with Crippen molar-refractivity contribution >= 4 is 39.8 Å². The fraction of sp³-hybridized carbons (Fsp3) is 0.468. The number of ether oxygens (including phenoxy) is 1. The van der Waals surface area contributed by atoms with E-state index in [0.29, 0.717) is 11.8 Å². The van der Waals surface area contributed by atoms with Crippen LogP contribution in [-0.4, -0.2) is 88.8 Å². The van der Waals surface area contributed by atoms with E-state index in [1.165, 1.54) is 0 Å². The molecular weight excluding hydrogens is 737 g/mol. The van der Waals surface area contributed by atoms with E-state index in [2.05, 4.69) is 95.4 Å². The first-order valence-corrected chi connectivity index (χ1v) is 20.8. The van der Waals surface area contributed by atoms with E-state index in [0.717, 1.165) is 80.4 Å². The highest BCUT2D eigenvalue weighted by atomic mass is 16.6. The second kappa shape index (κ2) is 20.5. The molecule has 0 aliphatic carbocycles. The summed E-state index contributed by atoms with van der Waals surface area (Å²) in [5.41, 5.74) is 7.83. The molecule has 59 heavy (non-hydrogen) atoms. The number of hydrogen-bond donors (Lipinski definition) is 3. The zero-order valence-electron chi connectivity index (χ0n) is 38.1. The Labute approximate surface area is 352 Å². The number of H-pyrrole nitrogens is 2. The summed E-state index contributed by atoms with van der Waals surface area (Å²) in [5, 5.41) is 3.37. The quantitative estimate of drug-likeness (QED) is 0.111. The molecule has 4 heterocycles. The molecule has 318 valence electrons. The number of aromatic amines is 2. The number of imidazole rings is 2. The third-order valence-corrected chi connectivity index (χ3v) is 9.62. The van der Waals surface area contributed by atoms with Crippen LogP contribution in [0, 0.1) is 11.8 Å². The molecule has 4 aromatic heterocycles. The van der Waals surface area contributed by atoms with Gasteiger partial charge in [0.1, 0.15) is 28.9 Å². The number of hydrogen-bond acceptors (Lipinski definition) is 9. The smallest absolute Gasteiger partial charge is 0.410 e. The van der Waals surface area contributed by atoms with Gasteiger partial charge in [-0.1, -0.05) is 53.7 Å². The van der Waals surface area contributed by atoms with E-state index in [4.69, 9.17) is 14.7 Å². The van der Waals surface area contributed by atoms with Crippen molar-refractivity contribution in [2.24, 2.45) is 11.8 Å². The maximum atomic E-state index is 12.7. The molecule has 0 saturated carbocycles. The van der Waals surface area contributed by atoms with Gasteiger partial charge in [0.25, 0.3) is 0 Å². The standard InChI is InChI=1S/C25H35N5O2.C20H27N5.C2H6/c1-16(2)13-21(30(8)24(31)32-25(3,4)5)23-27-19-10-9-17(14-20(19)28-23)18-11-12-26-22(15-18)29(6)7;1-13(2)10-18(21-3)20-23-16-7-6-14(11-17(16)24-20)15-8-9-22-19(12-15)25(4)5;1-2/h9-12,14-16,21H,13H2,1-8H3,(H,27,28);6-9,11-13,18,21H,10H2,1-5H3,(H,23,24);1-2H3/t21-;18-;/m11./s1. The molecule has 12 heteroatoms. The van der Waals surface area contributed by atoms with Gasteiger partial charge in [0.15, 0.2) is 0 Å². The molecule has 3 N–H and O–H groups in total. The minimum absolute atomic E-state index is 0.207. The van der Waals surface area contributed by atoms with Gasteiger partial charge < -0.3 is 34.7 Å². The average molecular weight is 805 g/mol. The summed E-state index contributed by atoms with van der Waals surface area (Å²) >= 11 is 0. The molecule has 0 aliphatic heterocycles. The molecule has 12 nitrogen and oxygen atoms in total. The predicted molar refractivity (Wildman–Crippen MR) is 246 cm³/mol. The number of anilines is 2. The largest absolute Gasteiger partial charge is 0.444 e. The van der Waals surface area contributed by atoms with E-state index >= 15 is 0 Å². The summed E-state index contributed by atoms with van der Waals surface area (Å²) in [7, 11) is 11.7. The van der Waals surface area contributed by atoms with Gasteiger partial charge in [-0.25, -0.2) is 24.7 Å². The van der Waals surface area contributed by atoms with Crippen molar-refractivity contribution in [3.8, 4) is 22.3 Å². The van der Waals surface area contributed by atoms with Crippen molar-refractivity contribution in [1.82, 2.24) is 40.1 Å². The van der Waals surface area contributed by atoms with Gasteiger partial charge in [0, 0.05) is 47.6 Å². The Kier molecular flexibility index (Phi) is 16.0. The Morgan fingerprint density at radius 2 is 1.12 bits per heavy atom. The number of rotatable bonds is 12. The Morgan fingerprint density at radius 3 is 1.54 bits per heavy atom.